The third kappa shape index (κ3) is 4.44. The van der Waals surface area contributed by atoms with Crippen molar-refractivity contribution >= 4 is 16.0 Å². The zero-order chi connectivity index (χ0) is 13.8. The fourth-order valence-electron chi connectivity index (χ4n) is 1.38. The molecule has 18 heavy (non-hydrogen) atoms. The first-order valence-corrected chi connectivity index (χ1v) is 6.92. The Morgan fingerprint density at radius 3 is 2.33 bits per heavy atom. The fraction of sp³-hybridized carbons (Fsp3) is 0.364. The van der Waals surface area contributed by atoms with Crippen LogP contribution in [0.25, 0.3) is 0 Å². The molecule has 0 heterocycles. The molecule has 0 fully saturated rings. The Bertz CT molecular complexity index is 497. The number of rotatable bonds is 6. The van der Waals surface area contributed by atoms with Crippen molar-refractivity contribution in [2.45, 2.75) is 24.8 Å². The Kier molecular flexibility index (Phi) is 4.83. The minimum absolute atomic E-state index is 0.329. The van der Waals surface area contributed by atoms with Gasteiger partial charge in [0.2, 0.25) is 10.0 Å². The van der Waals surface area contributed by atoms with Crippen molar-refractivity contribution in [3.8, 4) is 0 Å². The third-order valence-corrected chi connectivity index (χ3v) is 3.58. The summed E-state index contributed by atoms with van der Waals surface area (Å²) >= 11 is 0. The normalized spacial score (nSPS) is 15.0. The van der Waals surface area contributed by atoms with Crippen LogP contribution in [-0.2, 0) is 20.6 Å². The standard InChI is InChI=1S/C11H15NO5S/c1-8(13)10(11(14)15)12-18(16,17)7-9-5-3-2-4-6-9/h2-6,8,10,12-13H,7H2,1H3,(H,14,15)/t8-,10+/m1/s1. The molecule has 1 aromatic rings. The van der Waals surface area contributed by atoms with Crippen LogP contribution in [0.3, 0.4) is 0 Å². The largest absolute Gasteiger partial charge is 0.480 e. The smallest absolute Gasteiger partial charge is 0.324 e. The molecule has 0 saturated carbocycles. The Labute approximate surface area is 105 Å². The van der Waals surface area contributed by atoms with Gasteiger partial charge in [-0.2, -0.15) is 4.72 Å². The third-order valence-electron chi connectivity index (χ3n) is 2.25. The van der Waals surface area contributed by atoms with E-state index in [0.717, 1.165) is 0 Å². The molecule has 0 aliphatic rings. The molecule has 6 nitrogen and oxygen atoms in total. The van der Waals surface area contributed by atoms with Crippen molar-refractivity contribution in [2.24, 2.45) is 0 Å². The van der Waals surface area contributed by atoms with E-state index in [0.29, 0.717) is 5.56 Å². The van der Waals surface area contributed by atoms with Crippen LogP contribution in [-0.4, -0.2) is 36.7 Å². The predicted octanol–water partition coefficient (Wildman–Crippen LogP) is -0.0600. The van der Waals surface area contributed by atoms with Crippen molar-refractivity contribution in [3.63, 3.8) is 0 Å². The van der Waals surface area contributed by atoms with E-state index in [1.165, 1.54) is 6.92 Å². The molecule has 0 saturated heterocycles. The van der Waals surface area contributed by atoms with Gasteiger partial charge in [0.05, 0.1) is 11.9 Å². The van der Waals surface area contributed by atoms with Gasteiger partial charge in [-0.1, -0.05) is 30.3 Å². The van der Waals surface area contributed by atoms with E-state index in [-0.39, 0.29) is 5.75 Å². The molecule has 0 aliphatic heterocycles. The van der Waals surface area contributed by atoms with Crippen LogP contribution >= 0.6 is 0 Å². The molecule has 2 atom stereocenters. The van der Waals surface area contributed by atoms with E-state index >= 15 is 0 Å². The number of aliphatic carboxylic acids is 1. The van der Waals surface area contributed by atoms with Crippen LogP contribution in [0.2, 0.25) is 0 Å². The second-order valence-corrected chi connectivity index (χ2v) is 5.67. The monoisotopic (exact) mass is 273 g/mol. The number of hydrogen-bond acceptors (Lipinski definition) is 4. The van der Waals surface area contributed by atoms with Crippen LogP contribution < -0.4 is 4.72 Å². The van der Waals surface area contributed by atoms with Gasteiger partial charge >= 0.3 is 5.97 Å². The number of aliphatic hydroxyl groups is 1. The van der Waals surface area contributed by atoms with E-state index in [1.54, 1.807) is 30.3 Å². The number of carbonyl (C=O) groups is 1. The number of aliphatic hydroxyl groups excluding tert-OH is 1. The lowest BCUT2D eigenvalue weighted by Crippen LogP contribution is -2.47. The molecule has 0 aliphatic carbocycles. The summed E-state index contributed by atoms with van der Waals surface area (Å²) in [4.78, 5) is 10.8. The molecule has 7 heteroatoms. The van der Waals surface area contributed by atoms with Gasteiger partial charge in [-0.15, -0.1) is 0 Å². The lowest BCUT2D eigenvalue weighted by molar-refractivity contribution is -0.141. The maximum Gasteiger partial charge on any atom is 0.324 e. The van der Waals surface area contributed by atoms with Crippen molar-refractivity contribution in [3.05, 3.63) is 35.9 Å². The molecule has 100 valence electrons. The number of sulfonamides is 1. The highest BCUT2D eigenvalue weighted by Gasteiger charge is 2.28. The van der Waals surface area contributed by atoms with Crippen LogP contribution in [0.15, 0.2) is 30.3 Å². The van der Waals surface area contributed by atoms with E-state index < -0.39 is 28.1 Å². The number of nitrogens with one attached hydrogen (secondary N) is 1. The van der Waals surface area contributed by atoms with Gasteiger partial charge < -0.3 is 10.2 Å². The van der Waals surface area contributed by atoms with Gasteiger partial charge in [0.25, 0.3) is 0 Å². The molecule has 0 aromatic heterocycles. The molecule has 0 spiro atoms. The summed E-state index contributed by atoms with van der Waals surface area (Å²) in [5.41, 5.74) is 0.541. The molecule has 0 amide bonds. The lowest BCUT2D eigenvalue weighted by atomic mass is 10.2. The topological polar surface area (TPSA) is 104 Å². The quantitative estimate of drug-likeness (QED) is 0.673. The summed E-state index contributed by atoms with van der Waals surface area (Å²) in [5, 5.41) is 18.0. The van der Waals surface area contributed by atoms with E-state index in [9.17, 15) is 18.3 Å². The highest BCUT2D eigenvalue weighted by Crippen LogP contribution is 2.06. The maximum atomic E-state index is 11.7. The molecule has 1 aromatic carbocycles. The first kappa shape index (κ1) is 14.6. The summed E-state index contributed by atoms with van der Waals surface area (Å²) in [6, 6.07) is 6.83. The molecule has 0 unspecified atom stereocenters. The number of carboxylic acids is 1. The van der Waals surface area contributed by atoms with Gasteiger partial charge in [0.15, 0.2) is 0 Å². The average molecular weight is 273 g/mol. The van der Waals surface area contributed by atoms with E-state index in [2.05, 4.69) is 0 Å². The number of hydrogen-bond donors (Lipinski definition) is 3. The molecule has 0 radical (unpaired) electrons. The second kappa shape index (κ2) is 5.94. The first-order chi connectivity index (χ1) is 8.32. The highest BCUT2D eigenvalue weighted by atomic mass is 32.2. The van der Waals surface area contributed by atoms with Gasteiger partial charge in [0, 0.05) is 0 Å². The van der Waals surface area contributed by atoms with Crippen molar-refractivity contribution in [2.75, 3.05) is 0 Å². The number of carboxylic acid groups (broad SMARTS) is 1. The van der Waals surface area contributed by atoms with Crippen molar-refractivity contribution in [1.82, 2.24) is 4.72 Å². The van der Waals surface area contributed by atoms with E-state index in [1.807, 2.05) is 4.72 Å². The molecule has 3 N–H and O–H groups in total. The highest BCUT2D eigenvalue weighted by molar-refractivity contribution is 7.88. The lowest BCUT2D eigenvalue weighted by Gasteiger charge is -2.17. The molecule has 1 rings (SSSR count). The average Bonchev–Trinajstić information content (AvgIpc) is 2.26. The van der Waals surface area contributed by atoms with Gasteiger partial charge in [-0.05, 0) is 12.5 Å². The minimum Gasteiger partial charge on any atom is -0.480 e. The molecular weight excluding hydrogens is 258 g/mol. The first-order valence-electron chi connectivity index (χ1n) is 5.26. The SMILES string of the molecule is C[C@@H](O)[C@H](NS(=O)(=O)Cc1ccccc1)C(=O)O. The van der Waals surface area contributed by atoms with Gasteiger partial charge in [-0.3, -0.25) is 4.79 Å². The second-order valence-electron chi connectivity index (χ2n) is 3.92. The minimum atomic E-state index is -3.81. The van der Waals surface area contributed by atoms with Crippen LogP contribution in [0.5, 0.6) is 0 Å². The summed E-state index contributed by atoms with van der Waals surface area (Å²) in [6.07, 6.45) is -1.31. The summed E-state index contributed by atoms with van der Waals surface area (Å²) < 4.78 is 25.4. The summed E-state index contributed by atoms with van der Waals surface area (Å²) in [6.45, 7) is 1.21. The maximum absolute atomic E-state index is 11.7. The van der Waals surface area contributed by atoms with Crippen LogP contribution in [0.4, 0.5) is 0 Å². The summed E-state index contributed by atoms with van der Waals surface area (Å²) in [5.74, 6) is -1.74. The molecular formula is C11H15NO5S. The Balaban J connectivity index is 2.79. The molecule has 0 bridgehead atoms. The van der Waals surface area contributed by atoms with Gasteiger partial charge in [0.1, 0.15) is 6.04 Å². The van der Waals surface area contributed by atoms with Crippen LogP contribution in [0.1, 0.15) is 12.5 Å². The zero-order valence-electron chi connectivity index (χ0n) is 9.78. The Morgan fingerprint density at radius 2 is 1.89 bits per heavy atom. The summed E-state index contributed by atoms with van der Waals surface area (Å²) in [7, 11) is -3.81. The Hall–Kier alpha value is -1.44. The zero-order valence-corrected chi connectivity index (χ0v) is 10.6. The van der Waals surface area contributed by atoms with E-state index in [4.69, 9.17) is 5.11 Å². The van der Waals surface area contributed by atoms with Gasteiger partial charge in [-0.25, -0.2) is 8.42 Å². The van der Waals surface area contributed by atoms with Crippen molar-refractivity contribution in [1.29, 1.82) is 0 Å². The predicted molar refractivity (Wildman–Crippen MR) is 65.3 cm³/mol. The fourth-order valence-corrected chi connectivity index (χ4v) is 2.78. The Morgan fingerprint density at radius 1 is 1.33 bits per heavy atom. The van der Waals surface area contributed by atoms with Crippen molar-refractivity contribution < 1.29 is 23.4 Å². The van der Waals surface area contributed by atoms with Crippen LogP contribution in [0, 0.1) is 0 Å². The number of benzene rings is 1.